The summed E-state index contributed by atoms with van der Waals surface area (Å²) in [6.07, 6.45) is 0. The second-order valence-electron chi connectivity index (χ2n) is 4.04. The molecule has 0 saturated heterocycles. The molecule has 2 rings (SSSR count). The summed E-state index contributed by atoms with van der Waals surface area (Å²) < 4.78 is 26.4. The molecule has 2 N–H and O–H groups in total. The first-order valence-electron chi connectivity index (χ1n) is 5.62. The summed E-state index contributed by atoms with van der Waals surface area (Å²) in [6, 6.07) is 5.67. The fourth-order valence-corrected chi connectivity index (χ4v) is 1.67. The van der Waals surface area contributed by atoms with Crippen molar-refractivity contribution in [1.29, 1.82) is 0 Å². The Balaban J connectivity index is 2.48. The molecule has 2 aromatic carbocycles. The van der Waals surface area contributed by atoms with Gasteiger partial charge < -0.3 is 10.4 Å². The summed E-state index contributed by atoms with van der Waals surface area (Å²) in [5, 5.41) is 22.1. The van der Waals surface area contributed by atoms with Gasteiger partial charge in [-0.3, -0.25) is 10.1 Å². The Morgan fingerprint density at radius 2 is 1.86 bits per heavy atom. The van der Waals surface area contributed by atoms with Crippen LogP contribution >= 0.6 is 0 Å². The molecule has 0 aliphatic carbocycles. The minimum Gasteiger partial charge on any atom is -0.478 e. The van der Waals surface area contributed by atoms with Crippen molar-refractivity contribution in [3.05, 3.63) is 63.7 Å². The van der Waals surface area contributed by atoms with Crippen LogP contribution < -0.4 is 5.32 Å². The number of hydrogen-bond acceptors (Lipinski definition) is 4. The molecule has 0 radical (unpaired) electrons. The number of carboxylic acids is 1. The van der Waals surface area contributed by atoms with Gasteiger partial charge in [0.2, 0.25) is 0 Å². The summed E-state index contributed by atoms with van der Waals surface area (Å²) in [7, 11) is 0. The third-order valence-electron chi connectivity index (χ3n) is 2.64. The SMILES string of the molecule is O=C(O)c1ccc([N+](=O)[O-])cc1Nc1ccc(F)cc1F. The van der Waals surface area contributed by atoms with Crippen LogP contribution in [0.25, 0.3) is 0 Å². The molecule has 0 heterocycles. The van der Waals surface area contributed by atoms with Crippen molar-refractivity contribution >= 4 is 23.0 Å². The number of nitrogens with one attached hydrogen (secondary N) is 1. The van der Waals surface area contributed by atoms with E-state index in [-0.39, 0.29) is 22.6 Å². The van der Waals surface area contributed by atoms with Crippen LogP contribution in [0.2, 0.25) is 0 Å². The third-order valence-corrected chi connectivity index (χ3v) is 2.64. The molecule has 6 nitrogen and oxygen atoms in total. The van der Waals surface area contributed by atoms with Gasteiger partial charge in [0, 0.05) is 18.2 Å². The molecule has 0 saturated carbocycles. The van der Waals surface area contributed by atoms with Crippen molar-refractivity contribution in [3.63, 3.8) is 0 Å². The summed E-state index contributed by atoms with van der Waals surface area (Å²) >= 11 is 0. The van der Waals surface area contributed by atoms with E-state index in [4.69, 9.17) is 5.11 Å². The molecular weight excluding hydrogens is 286 g/mol. The average Bonchev–Trinajstić information content (AvgIpc) is 2.41. The quantitative estimate of drug-likeness (QED) is 0.666. The first kappa shape index (κ1) is 14.4. The van der Waals surface area contributed by atoms with Crippen LogP contribution in [0.15, 0.2) is 36.4 Å². The normalized spacial score (nSPS) is 10.2. The van der Waals surface area contributed by atoms with E-state index in [0.29, 0.717) is 6.07 Å². The molecule has 0 fully saturated rings. The first-order chi connectivity index (χ1) is 9.88. The molecule has 8 heteroatoms. The molecule has 2 aromatic rings. The number of carbonyl (C=O) groups is 1. The molecule has 108 valence electrons. The summed E-state index contributed by atoms with van der Waals surface area (Å²) in [5.41, 5.74) is -0.990. The molecule has 21 heavy (non-hydrogen) atoms. The van der Waals surface area contributed by atoms with Crippen molar-refractivity contribution in [1.82, 2.24) is 0 Å². The van der Waals surface area contributed by atoms with Crippen LogP contribution in [0, 0.1) is 21.7 Å². The second-order valence-corrected chi connectivity index (χ2v) is 4.04. The fourth-order valence-electron chi connectivity index (χ4n) is 1.67. The number of nitro groups is 1. The predicted octanol–water partition coefficient (Wildman–Crippen LogP) is 3.31. The topological polar surface area (TPSA) is 92.5 Å². The van der Waals surface area contributed by atoms with E-state index in [0.717, 1.165) is 30.3 Å². The Kier molecular flexibility index (Phi) is 3.79. The Labute approximate surface area is 116 Å². The largest absolute Gasteiger partial charge is 0.478 e. The van der Waals surface area contributed by atoms with Gasteiger partial charge in [0.15, 0.2) is 0 Å². The van der Waals surface area contributed by atoms with Gasteiger partial charge in [-0.05, 0) is 18.2 Å². The Hall–Kier alpha value is -3.03. The highest BCUT2D eigenvalue weighted by Gasteiger charge is 2.16. The lowest BCUT2D eigenvalue weighted by atomic mass is 10.1. The second kappa shape index (κ2) is 5.53. The minimum absolute atomic E-state index is 0.165. The highest BCUT2D eigenvalue weighted by molar-refractivity contribution is 5.95. The van der Waals surface area contributed by atoms with Gasteiger partial charge in [-0.2, -0.15) is 0 Å². The highest BCUT2D eigenvalue weighted by atomic mass is 19.1. The molecule has 0 aromatic heterocycles. The van der Waals surface area contributed by atoms with Crippen molar-refractivity contribution in [2.45, 2.75) is 0 Å². The number of nitro benzene ring substituents is 1. The van der Waals surface area contributed by atoms with Gasteiger partial charge in [0.25, 0.3) is 5.69 Å². The molecule has 0 amide bonds. The van der Waals surface area contributed by atoms with E-state index in [1.807, 2.05) is 0 Å². The van der Waals surface area contributed by atoms with E-state index < -0.39 is 22.5 Å². The van der Waals surface area contributed by atoms with Crippen LogP contribution in [0.5, 0.6) is 0 Å². The van der Waals surface area contributed by atoms with Crippen molar-refractivity contribution < 1.29 is 23.6 Å². The first-order valence-corrected chi connectivity index (χ1v) is 5.62. The van der Waals surface area contributed by atoms with E-state index in [1.54, 1.807) is 0 Å². The van der Waals surface area contributed by atoms with Gasteiger partial charge in [0.1, 0.15) is 11.6 Å². The molecule has 0 bridgehead atoms. The minimum atomic E-state index is -1.34. The fraction of sp³-hybridized carbons (Fsp3) is 0. The van der Waals surface area contributed by atoms with Crippen molar-refractivity contribution in [2.24, 2.45) is 0 Å². The maximum Gasteiger partial charge on any atom is 0.337 e. The number of aromatic carboxylic acids is 1. The lowest BCUT2D eigenvalue weighted by Gasteiger charge is -2.10. The Morgan fingerprint density at radius 3 is 2.43 bits per heavy atom. The average molecular weight is 294 g/mol. The molecule has 0 atom stereocenters. The summed E-state index contributed by atoms with van der Waals surface area (Å²) in [4.78, 5) is 21.1. The number of carboxylic acid groups (broad SMARTS) is 1. The zero-order valence-corrected chi connectivity index (χ0v) is 10.3. The van der Waals surface area contributed by atoms with Crippen LogP contribution in [-0.4, -0.2) is 16.0 Å². The van der Waals surface area contributed by atoms with Gasteiger partial charge in [-0.25, -0.2) is 13.6 Å². The third kappa shape index (κ3) is 3.11. The molecule has 0 aliphatic heterocycles. The van der Waals surface area contributed by atoms with Gasteiger partial charge in [-0.15, -0.1) is 0 Å². The van der Waals surface area contributed by atoms with Crippen LogP contribution in [0.3, 0.4) is 0 Å². The zero-order valence-electron chi connectivity index (χ0n) is 10.3. The molecular formula is C13H8F2N2O4. The number of rotatable bonds is 4. The number of nitrogens with zero attached hydrogens (tertiary/aromatic N) is 1. The van der Waals surface area contributed by atoms with Crippen molar-refractivity contribution in [2.75, 3.05) is 5.32 Å². The standard InChI is InChI=1S/C13H8F2N2O4/c14-7-1-4-11(10(15)5-7)16-12-6-8(17(20)21)2-3-9(12)13(18)19/h1-6,16H,(H,18,19). The van der Waals surface area contributed by atoms with E-state index in [2.05, 4.69) is 5.32 Å². The van der Waals surface area contributed by atoms with E-state index >= 15 is 0 Å². The van der Waals surface area contributed by atoms with Crippen LogP contribution in [-0.2, 0) is 0 Å². The Bertz CT molecular complexity index is 734. The smallest absolute Gasteiger partial charge is 0.337 e. The lowest BCUT2D eigenvalue weighted by Crippen LogP contribution is -2.04. The molecule has 0 spiro atoms. The predicted molar refractivity (Wildman–Crippen MR) is 69.7 cm³/mol. The zero-order chi connectivity index (χ0) is 15.6. The molecule has 0 aliphatic rings. The number of non-ortho nitro benzene ring substituents is 1. The van der Waals surface area contributed by atoms with E-state index in [1.165, 1.54) is 0 Å². The number of anilines is 2. The van der Waals surface area contributed by atoms with Crippen LogP contribution in [0.4, 0.5) is 25.8 Å². The Morgan fingerprint density at radius 1 is 1.14 bits per heavy atom. The molecule has 0 unspecified atom stereocenters. The highest BCUT2D eigenvalue weighted by Crippen LogP contribution is 2.27. The maximum absolute atomic E-state index is 13.5. The van der Waals surface area contributed by atoms with Gasteiger partial charge in [-0.1, -0.05) is 0 Å². The lowest BCUT2D eigenvalue weighted by molar-refractivity contribution is -0.384. The van der Waals surface area contributed by atoms with Gasteiger partial charge >= 0.3 is 5.97 Å². The number of hydrogen-bond donors (Lipinski definition) is 2. The van der Waals surface area contributed by atoms with Gasteiger partial charge in [0.05, 0.1) is 21.9 Å². The monoisotopic (exact) mass is 294 g/mol. The summed E-state index contributed by atoms with van der Waals surface area (Å²) in [6.45, 7) is 0. The van der Waals surface area contributed by atoms with E-state index in [9.17, 15) is 23.7 Å². The summed E-state index contributed by atoms with van der Waals surface area (Å²) in [5.74, 6) is -3.08. The van der Waals surface area contributed by atoms with Crippen molar-refractivity contribution in [3.8, 4) is 0 Å². The maximum atomic E-state index is 13.5. The number of benzene rings is 2. The number of halogens is 2. The van der Waals surface area contributed by atoms with Crippen LogP contribution in [0.1, 0.15) is 10.4 Å².